The summed E-state index contributed by atoms with van der Waals surface area (Å²) >= 11 is 0. The summed E-state index contributed by atoms with van der Waals surface area (Å²) < 4.78 is 7.15. The molecule has 0 unspecified atom stereocenters. The first-order chi connectivity index (χ1) is 8.25. The summed E-state index contributed by atoms with van der Waals surface area (Å²) in [4.78, 5) is 11.8. The largest absolute Gasteiger partial charge is 0.459 e. The quantitative estimate of drug-likeness (QED) is 0.741. The number of ether oxygens (including phenoxy) is 1. The maximum Gasteiger partial charge on any atom is 0.341 e. The maximum absolute atomic E-state index is 11.8. The molecule has 1 fully saturated rings. The zero-order valence-electron chi connectivity index (χ0n) is 10.4. The monoisotopic (exact) mass is 236 g/mol. The van der Waals surface area contributed by atoms with Gasteiger partial charge in [0.05, 0.1) is 11.8 Å². The van der Waals surface area contributed by atoms with Crippen molar-refractivity contribution >= 4 is 5.97 Å². The minimum Gasteiger partial charge on any atom is -0.459 e. The van der Waals surface area contributed by atoms with Crippen LogP contribution in [0.2, 0.25) is 0 Å². The summed E-state index contributed by atoms with van der Waals surface area (Å²) in [6, 6.07) is 0. The highest BCUT2D eigenvalue weighted by molar-refractivity contribution is 5.88. The van der Waals surface area contributed by atoms with Gasteiger partial charge in [0.25, 0.3) is 0 Å². The van der Waals surface area contributed by atoms with Gasteiger partial charge in [0.2, 0.25) is 0 Å². The smallest absolute Gasteiger partial charge is 0.341 e. The predicted molar refractivity (Wildman–Crippen MR) is 64.7 cm³/mol. The normalized spacial score (nSPS) is 18.4. The van der Waals surface area contributed by atoms with Gasteiger partial charge in [-0.2, -0.15) is 5.10 Å². The molecule has 0 atom stereocenters. The second-order valence-corrected chi connectivity index (χ2v) is 4.78. The molecule has 0 N–H and O–H groups in total. The van der Waals surface area contributed by atoms with Gasteiger partial charge in [0.1, 0.15) is 6.10 Å². The molecule has 4 heteroatoms. The highest BCUT2D eigenvalue weighted by Crippen LogP contribution is 2.20. The molecule has 1 aromatic heterocycles. The van der Waals surface area contributed by atoms with Gasteiger partial charge >= 0.3 is 5.97 Å². The number of hydrogen-bond acceptors (Lipinski definition) is 3. The van der Waals surface area contributed by atoms with Crippen LogP contribution in [0.5, 0.6) is 0 Å². The molecule has 0 bridgehead atoms. The Morgan fingerprint density at radius 1 is 1.29 bits per heavy atom. The number of carbonyl (C=O) groups excluding carboxylic acids is 1. The number of rotatable bonds is 2. The summed E-state index contributed by atoms with van der Waals surface area (Å²) in [7, 11) is 1.80. The lowest BCUT2D eigenvalue weighted by molar-refractivity contribution is 0.0239. The summed E-state index contributed by atoms with van der Waals surface area (Å²) in [5, 5.41) is 3.98. The van der Waals surface area contributed by atoms with Crippen LogP contribution in [0.15, 0.2) is 12.4 Å². The van der Waals surface area contributed by atoms with E-state index in [4.69, 9.17) is 4.74 Å². The van der Waals surface area contributed by atoms with E-state index >= 15 is 0 Å². The first-order valence-electron chi connectivity index (χ1n) is 6.45. The molecule has 1 aliphatic rings. The molecule has 0 spiro atoms. The third-order valence-corrected chi connectivity index (χ3v) is 3.27. The topological polar surface area (TPSA) is 44.1 Å². The molecule has 0 radical (unpaired) electrons. The first-order valence-corrected chi connectivity index (χ1v) is 6.45. The standard InChI is InChI=1S/C13H20N2O2/c1-15-10-11(9-14-15)13(16)17-12-7-5-3-2-4-6-8-12/h9-10,12H,2-8H2,1H3. The Balaban J connectivity index is 1.88. The van der Waals surface area contributed by atoms with Gasteiger partial charge in [-0.3, -0.25) is 4.68 Å². The molecule has 4 nitrogen and oxygen atoms in total. The number of esters is 1. The molecule has 0 aromatic carbocycles. The second-order valence-electron chi connectivity index (χ2n) is 4.78. The van der Waals surface area contributed by atoms with Gasteiger partial charge in [-0.25, -0.2) is 4.79 Å². The van der Waals surface area contributed by atoms with E-state index in [0.29, 0.717) is 5.56 Å². The highest BCUT2D eigenvalue weighted by atomic mass is 16.5. The molecule has 2 rings (SSSR count). The predicted octanol–water partition coefficient (Wildman–Crippen LogP) is 2.69. The van der Waals surface area contributed by atoms with Crippen molar-refractivity contribution in [3.05, 3.63) is 18.0 Å². The van der Waals surface area contributed by atoms with E-state index in [2.05, 4.69) is 5.10 Å². The van der Waals surface area contributed by atoms with Gasteiger partial charge < -0.3 is 4.74 Å². The van der Waals surface area contributed by atoms with Crippen molar-refractivity contribution in [3.63, 3.8) is 0 Å². The van der Waals surface area contributed by atoms with Crippen LogP contribution in [0.3, 0.4) is 0 Å². The van der Waals surface area contributed by atoms with Crippen molar-refractivity contribution in [2.75, 3.05) is 0 Å². The fraction of sp³-hybridized carbons (Fsp3) is 0.692. The van der Waals surface area contributed by atoms with E-state index in [0.717, 1.165) is 12.8 Å². The Labute approximate surface area is 102 Å². The minimum atomic E-state index is -0.233. The third-order valence-electron chi connectivity index (χ3n) is 3.27. The Bertz CT molecular complexity index is 365. The number of aromatic nitrogens is 2. The van der Waals surface area contributed by atoms with Gasteiger partial charge in [-0.15, -0.1) is 0 Å². The van der Waals surface area contributed by atoms with E-state index in [-0.39, 0.29) is 12.1 Å². The van der Waals surface area contributed by atoms with Crippen molar-refractivity contribution in [2.45, 2.75) is 51.0 Å². The van der Waals surface area contributed by atoms with Crippen molar-refractivity contribution in [1.82, 2.24) is 9.78 Å². The van der Waals surface area contributed by atoms with Crippen LogP contribution in [-0.4, -0.2) is 21.9 Å². The molecule has 94 valence electrons. The Morgan fingerprint density at radius 3 is 2.53 bits per heavy atom. The van der Waals surface area contributed by atoms with Crippen LogP contribution >= 0.6 is 0 Å². The van der Waals surface area contributed by atoms with E-state index in [1.807, 2.05) is 0 Å². The lowest BCUT2D eigenvalue weighted by Crippen LogP contribution is -2.19. The van der Waals surface area contributed by atoms with Crippen LogP contribution in [0.1, 0.15) is 55.3 Å². The maximum atomic E-state index is 11.8. The molecule has 1 aromatic rings. The number of nitrogens with zero attached hydrogens (tertiary/aromatic N) is 2. The van der Waals surface area contributed by atoms with E-state index < -0.39 is 0 Å². The lowest BCUT2D eigenvalue weighted by atomic mass is 9.98. The van der Waals surface area contributed by atoms with Crippen molar-refractivity contribution in [2.24, 2.45) is 7.05 Å². The first kappa shape index (κ1) is 12.1. The fourth-order valence-electron chi connectivity index (χ4n) is 2.28. The summed E-state index contributed by atoms with van der Waals surface area (Å²) in [5.41, 5.74) is 0.551. The lowest BCUT2D eigenvalue weighted by Gasteiger charge is -2.19. The Hall–Kier alpha value is -1.32. The van der Waals surface area contributed by atoms with Gasteiger partial charge in [0.15, 0.2) is 0 Å². The Kier molecular flexibility index (Phi) is 4.18. The molecule has 1 aliphatic carbocycles. The summed E-state index contributed by atoms with van der Waals surface area (Å²) in [5.74, 6) is -0.233. The number of carbonyl (C=O) groups is 1. The molecule has 1 heterocycles. The number of hydrogen-bond donors (Lipinski definition) is 0. The van der Waals surface area contributed by atoms with Gasteiger partial charge in [-0.05, 0) is 25.7 Å². The minimum absolute atomic E-state index is 0.100. The van der Waals surface area contributed by atoms with Gasteiger partial charge in [-0.1, -0.05) is 19.3 Å². The molecule has 0 amide bonds. The zero-order valence-corrected chi connectivity index (χ0v) is 10.4. The molecular weight excluding hydrogens is 216 g/mol. The van der Waals surface area contributed by atoms with E-state index in [1.54, 1.807) is 24.1 Å². The molecular formula is C13H20N2O2. The summed E-state index contributed by atoms with van der Waals surface area (Å²) in [6.45, 7) is 0. The number of aryl methyl sites for hydroxylation is 1. The van der Waals surface area contributed by atoms with Crippen molar-refractivity contribution < 1.29 is 9.53 Å². The van der Waals surface area contributed by atoms with Crippen molar-refractivity contribution in [3.8, 4) is 0 Å². The van der Waals surface area contributed by atoms with Crippen LogP contribution in [0.4, 0.5) is 0 Å². The highest BCUT2D eigenvalue weighted by Gasteiger charge is 2.17. The van der Waals surface area contributed by atoms with E-state index in [1.165, 1.54) is 32.1 Å². The molecule has 1 saturated carbocycles. The third kappa shape index (κ3) is 3.58. The molecule has 0 aliphatic heterocycles. The second kappa shape index (κ2) is 5.84. The van der Waals surface area contributed by atoms with Crippen LogP contribution < -0.4 is 0 Å². The van der Waals surface area contributed by atoms with Gasteiger partial charge in [0, 0.05) is 13.2 Å². The van der Waals surface area contributed by atoms with Crippen molar-refractivity contribution in [1.29, 1.82) is 0 Å². The average molecular weight is 236 g/mol. The van der Waals surface area contributed by atoms with E-state index in [9.17, 15) is 4.79 Å². The Morgan fingerprint density at radius 2 is 1.94 bits per heavy atom. The van der Waals surface area contributed by atoms with Crippen LogP contribution in [0, 0.1) is 0 Å². The average Bonchev–Trinajstić information content (AvgIpc) is 2.68. The molecule has 17 heavy (non-hydrogen) atoms. The summed E-state index contributed by atoms with van der Waals surface area (Å²) in [6.07, 6.45) is 11.6. The van der Waals surface area contributed by atoms with Crippen LogP contribution in [0.25, 0.3) is 0 Å². The zero-order chi connectivity index (χ0) is 12.1. The fourth-order valence-corrected chi connectivity index (χ4v) is 2.28. The SMILES string of the molecule is Cn1cc(C(=O)OC2CCCCCCC2)cn1. The van der Waals surface area contributed by atoms with Crippen LogP contribution in [-0.2, 0) is 11.8 Å². The molecule has 0 saturated heterocycles.